The maximum absolute atomic E-state index is 13.0. The molecule has 1 heterocycles. The van der Waals surface area contributed by atoms with Gasteiger partial charge in [0.05, 0.1) is 17.9 Å². The first-order valence-electron chi connectivity index (χ1n) is 15.1. The van der Waals surface area contributed by atoms with Crippen LogP contribution >= 0.6 is 0 Å². The highest BCUT2D eigenvalue weighted by Crippen LogP contribution is 2.45. The Morgan fingerprint density at radius 2 is 1.85 bits per heavy atom. The molecule has 7 unspecified atom stereocenters. The molecule has 220 valence electrons. The summed E-state index contributed by atoms with van der Waals surface area (Å²) < 4.78 is 11.7. The van der Waals surface area contributed by atoms with Crippen molar-refractivity contribution in [2.75, 3.05) is 13.1 Å². The molecule has 0 aromatic carbocycles. The van der Waals surface area contributed by atoms with Crippen molar-refractivity contribution in [3.05, 3.63) is 23.8 Å². The largest absolute Gasteiger partial charge is 0.462 e. The average Bonchev–Trinajstić information content (AvgIpc) is 2.88. The van der Waals surface area contributed by atoms with E-state index in [9.17, 15) is 19.5 Å². The molecule has 1 N–H and O–H groups in total. The number of aliphatic hydroxyl groups is 1. The average molecular weight is 546 g/mol. The number of aliphatic hydroxyl groups excluding tert-OH is 1. The molecule has 0 bridgehead atoms. The second kappa shape index (κ2) is 14.0. The van der Waals surface area contributed by atoms with E-state index in [1.807, 2.05) is 25.7 Å². The molecule has 0 spiro atoms. The van der Waals surface area contributed by atoms with E-state index in [0.29, 0.717) is 12.3 Å². The monoisotopic (exact) mass is 545 g/mol. The number of allylic oxidation sites excluding steroid dienone is 3. The van der Waals surface area contributed by atoms with Crippen molar-refractivity contribution in [3.63, 3.8) is 0 Å². The maximum Gasteiger partial charge on any atom is 0.311 e. The molecule has 0 aromatic rings. The van der Waals surface area contributed by atoms with Crippen LogP contribution in [0.3, 0.4) is 0 Å². The second-order valence-corrected chi connectivity index (χ2v) is 12.8. The Labute approximate surface area is 235 Å². The van der Waals surface area contributed by atoms with E-state index < -0.39 is 23.6 Å². The summed E-state index contributed by atoms with van der Waals surface area (Å²) in [5.74, 6) is 0.318. The molecular weight excluding hydrogens is 494 g/mol. The van der Waals surface area contributed by atoms with Gasteiger partial charge < -0.3 is 19.5 Å². The number of amides is 1. The number of fused-ring (bicyclic) bond motifs is 1. The van der Waals surface area contributed by atoms with Gasteiger partial charge in [-0.25, -0.2) is 0 Å². The van der Waals surface area contributed by atoms with Crippen molar-refractivity contribution in [2.45, 2.75) is 118 Å². The van der Waals surface area contributed by atoms with E-state index in [-0.39, 0.29) is 48.6 Å². The van der Waals surface area contributed by atoms with Crippen LogP contribution in [0.1, 0.15) is 99.3 Å². The summed E-state index contributed by atoms with van der Waals surface area (Å²) in [6.07, 6.45) is 11.5. The fourth-order valence-corrected chi connectivity index (χ4v) is 6.34. The number of nitrogens with zero attached hydrogens (tertiary/aromatic N) is 1. The van der Waals surface area contributed by atoms with Gasteiger partial charge in [0.15, 0.2) is 0 Å². The lowest BCUT2D eigenvalue weighted by Gasteiger charge is -2.44. The summed E-state index contributed by atoms with van der Waals surface area (Å²) in [6, 6.07) is 0. The van der Waals surface area contributed by atoms with Crippen molar-refractivity contribution in [1.29, 1.82) is 0 Å². The predicted molar refractivity (Wildman–Crippen MR) is 152 cm³/mol. The quantitative estimate of drug-likeness (QED) is 0.340. The first-order valence-corrected chi connectivity index (χ1v) is 15.1. The number of esters is 2. The zero-order chi connectivity index (χ0) is 28.7. The molecule has 1 amide bonds. The smallest absolute Gasteiger partial charge is 0.311 e. The lowest BCUT2D eigenvalue weighted by atomic mass is 9.65. The van der Waals surface area contributed by atoms with Gasteiger partial charge >= 0.3 is 11.9 Å². The van der Waals surface area contributed by atoms with E-state index in [4.69, 9.17) is 9.47 Å². The maximum atomic E-state index is 13.0. The molecule has 1 saturated heterocycles. The van der Waals surface area contributed by atoms with Gasteiger partial charge in [0, 0.05) is 32.4 Å². The zero-order valence-electron chi connectivity index (χ0n) is 25.0. The highest BCUT2D eigenvalue weighted by Gasteiger charge is 2.43. The number of rotatable bonds is 11. The Morgan fingerprint density at radius 1 is 1.15 bits per heavy atom. The van der Waals surface area contributed by atoms with Crippen LogP contribution in [-0.2, 0) is 23.9 Å². The molecular formula is C32H51NO6. The Hall–Kier alpha value is -2.15. The van der Waals surface area contributed by atoms with Crippen molar-refractivity contribution < 1.29 is 29.0 Å². The third-order valence-corrected chi connectivity index (χ3v) is 9.10. The van der Waals surface area contributed by atoms with Gasteiger partial charge in [0.25, 0.3) is 0 Å². The Balaban J connectivity index is 1.66. The van der Waals surface area contributed by atoms with Gasteiger partial charge in [-0.2, -0.15) is 0 Å². The molecule has 7 atom stereocenters. The van der Waals surface area contributed by atoms with Crippen LogP contribution in [0.2, 0.25) is 0 Å². The SMILES string of the molecule is CCC(C)(C)C(=O)OC1CC(C)C=C2C=CC(C)C(CCC(O)CC(CC(=O)N3CCCCC3)OC(C)=O)C21. The highest BCUT2D eigenvalue weighted by atomic mass is 16.5. The van der Waals surface area contributed by atoms with Gasteiger partial charge in [0.2, 0.25) is 5.91 Å². The predicted octanol–water partition coefficient (Wildman–Crippen LogP) is 5.60. The van der Waals surface area contributed by atoms with Gasteiger partial charge in [-0.3, -0.25) is 14.4 Å². The van der Waals surface area contributed by atoms with Crippen LogP contribution < -0.4 is 0 Å². The van der Waals surface area contributed by atoms with Crippen LogP contribution in [0.15, 0.2) is 23.8 Å². The highest BCUT2D eigenvalue weighted by molar-refractivity contribution is 5.77. The first kappa shape index (κ1) is 31.4. The summed E-state index contributed by atoms with van der Waals surface area (Å²) in [7, 11) is 0. The van der Waals surface area contributed by atoms with Gasteiger partial charge in [-0.15, -0.1) is 0 Å². The number of carbonyl (C=O) groups is 3. The molecule has 39 heavy (non-hydrogen) atoms. The van der Waals surface area contributed by atoms with Gasteiger partial charge in [-0.1, -0.05) is 39.0 Å². The minimum absolute atomic E-state index is 0.00930. The number of likely N-dealkylation sites (tertiary alicyclic amines) is 1. The Kier molecular flexibility index (Phi) is 11.2. The second-order valence-electron chi connectivity index (χ2n) is 12.8. The molecule has 3 aliphatic rings. The molecule has 2 aliphatic carbocycles. The van der Waals surface area contributed by atoms with Crippen LogP contribution in [-0.4, -0.2) is 59.3 Å². The number of hydrogen-bond acceptors (Lipinski definition) is 6. The first-order chi connectivity index (χ1) is 18.4. The molecule has 1 aliphatic heterocycles. The third kappa shape index (κ3) is 8.67. The van der Waals surface area contributed by atoms with Crippen molar-refractivity contribution in [3.8, 4) is 0 Å². The molecule has 0 radical (unpaired) electrons. The summed E-state index contributed by atoms with van der Waals surface area (Å²) in [5, 5.41) is 11.0. The van der Waals surface area contributed by atoms with E-state index in [0.717, 1.165) is 51.6 Å². The van der Waals surface area contributed by atoms with E-state index in [1.54, 1.807) is 0 Å². The zero-order valence-corrected chi connectivity index (χ0v) is 25.0. The molecule has 3 rings (SSSR count). The fourth-order valence-electron chi connectivity index (χ4n) is 6.34. The van der Waals surface area contributed by atoms with Gasteiger partial charge in [-0.05, 0) is 82.1 Å². The summed E-state index contributed by atoms with van der Waals surface area (Å²) in [6.45, 7) is 13.1. The number of carbonyl (C=O) groups excluding carboxylic acids is 3. The molecule has 1 fully saturated rings. The van der Waals surface area contributed by atoms with Crippen LogP contribution in [0.4, 0.5) is 0 Å². The number of hydrogen-bond donors (Lipinski definition) is 1. The molecule has 0 aromatic heterocycles. The van der Waals surface area contributed by atoms with E-state index >= 15 is 0 Å². The van der Waals surface area contributed by atoms with Crippen LogP contribution in [0.25, 0.3) is 0 Å². The number of ether oxygens (including phenoxy) is 2. The van der Waals surface area contributed by atoms with Crippen LogP contribution in [0, 0.1) is 29.1 Å². The minimum atomic E-state index is -0.698. The van der Waals surface area contributed by atoms with E-state index in [1.165, 1.54) is 12.5 Å². The lowest BCUT2D eigenvalue weighted by Crippen LogP contribution is -2.43. The van der Waals surface area contributed by atoms with Crippen molar-refractivity contribution in [1.82, 2.24) is 4.90 Å². The van der Waals surface area contributed by atoms with Crippen molar-refractivity contribution >= 4 is 17.8 Å². The summed E-state index contributed by atoms with van der Waals surface area (Å²) in [5.41, 5.74) is 0.701. The van der Waals surface area contributed by atoms with Crippen molar-refractivity contribution in [2.24, 2.45) is 29.1 Å². The Bertz CT molecular complexity index is 918. The minimum Gasteiger partial charge on any atom is -0.462 e. The normalized spacial score (nSPS) is 28.6. The lowest BCUT2D eigenvalue weighted by molar-refractivity contribution is -0.165. The summed E-state index contributed by atoms with van der Waals surface area (Å²) in [4.78, 5) is 39.5. The fraction of sp³-hybridized carbons (Fsp3) is 0.781. The Morgan fingerprint density at radius 3 is 2.49 bits per heavy atom. The number of piperidine rings is 1. The summed E-state index contributed by atoms with van der Waals surface area (Å²) >= 11 is 0. The molecule has 0 saturated carbocycles. The third-order valence-electron chi connectivity index (χ3n) is 9.10. The van der Waals surface area contributed by atoms with Gasteiger partial charge in [0.1, 0.15) is 12.2 Å². The van der Waals surface area contributed by atoms with E-state index in [2.05, 4.69) is 32.1 Å². The standard InChI is InChI=1S/C32H51NO6/c1-7-32(5,6)31(37)39-28-18-21(2)17-24-12-11-22(3)27(30(24)28)14-13-25(35)19-26(38-23(4)34)20-29(36)33-15-9-8-10-16-33/h11-12,17,21-22,25-28,30,35H,7-10,13-16,18-20H2,1-6H3. The molecule has 7 heteroatoms. The topological polar surface area (TPSA) is 93.1 Å². The molecule has 7 nitrogen and oxygen atoms in total. The van der Waals surface area contributed by atoms with Crippen LogP contribution in [0.5, 0.6) is 0 Å².